The van der Waals surface area contributed by atoms with Gasteiger partial charge in [-0.05, 0) is 31.5 Å². The Labute approximate surface area is 159 Å². The molecule has 1 aromatic carbocycles. The van der Waals surface area contributed by atoms with Crippen LogP contribution in [-0.2, 0) is 20.9 Å². The summed E-state index contributed by atoms with van der Waals surface area (Å²) in [6, 6.07) is 5.22. The number of carbonyl (C=O) groups excluding carboxylic acids is 1. The first-order valence-electron chi connectivity index (χ1n) is 9.09. The van der Waals surface area contributed by atoms with E-state index in [9.17, 15) is 20.1 Å². The van der Waals surface area contributed by atoms with E-state index in [0.717, 1.165) is 5.56 Å². The van der Waals surface area contributed by atoms with E-state index in [2.05, 4.69) is 5.32 Å². The number of nitrogens with one attached hydrogen (secondary N) is 1. The van der Waals surface area contributed by atoms with Crippen molar-refractivity contribution in [2.24, 2.45) is 5.92 Å². The highest BCUT2D eigenvalue weighted by molar-refractivity contribution is 5.93. The van der Waals surface area contributed by atoms with Crippen molar-refractivity contribution in [1.82, 2.24) is 0 Å². The van der Waals surface area contributed by atoms with E-state index in [-0.39, 0.29) is 24.3 Å². The molecule has 1 aliphatic heterocycles. The van der Waals surface area contributed by atoms with Crippen LogP contribution in [0.2, 0.25) is 0 Å². The van der Waals surface area contributed by atoms with Crippen LogP contribution < -0.4 is 10.1 Å². The minimum atomic E-state index is -1.55. The molecule has 4 N–H and O–H groups in total. The van der Waals surface area contributed by atoms with Crippen LogP contribution in [0.15, 0.2) is 18.2 Å². The molecule has 0 aliphatic carbocycles. The van der Waals surface area contributed by atoms with Crippen molar-refractivity contribution < 1.29 is 34.3 Å². The number of amides is 1. The average Bonchev–Trinajstić information content (AvgIpc) is 2.59. The second-order valence-corrected chi connectivity index (χ2v) is 7.20. The third-order valence-corrected chi connectivity index (χ3v) is 4.08. The Hall–Kier alpha value is -1.71. The van der Waals surface area contributed by atoms with Crippen LogP contribution in [0.1, 0.15) is 39.7 Å². The van der Waals surface area contributed by atoms with Crippen LogP contribution in [0.4, 0.5) is 5.69 Å². The van der Waals surface area contributed by atoms with Gasteiger partial charge in [-0.3, -0.25) is 4.79 Å². The second kappa shape index (κ2) is 9.48. The molecular weight excluding hydrogens is 354 g/mol. The maximum absolute atomic E-state index is 12.1. The number of hydrogen-bond acceptors (Lipinski definition) is 7. The molecule has 27 heavy (non-hydrogen) atoms. The number of carbonyl (C=O) groups is 1. The van der Waals surface area contributed by atoms with E-state index in [4.69, 9.17) is 14.2 Å². The number of anilines is 1. The molecule has 0 radical (unpaired) electrons. The SMILES string of the molecule is CC(C)OCc1ccc(OC2CC(O)C(O)C(O)O2)c(NC(=O)C(C)C)c1. The molecule has 2 rings (SSSR count). The first-order valence-corrected chi connectivity index (χ1v) is 9.09. The highest BCUT2D eigenvalue weighted by atomic mass is 16.7. The van der Waals surface area contributed by atoms with Gasteiger partial charge in [0.2, 0.25) is 12.2 Å². The summed E-state index contributed by atoms with van der Waals surface area (Å²) >= 11 is 0. The Kier molecular flexibility index (Phi) is 7.58. The average molecular weight is 383 g/mol. The summed E-state index contributed by atoms with van der Waals surface area (Å²) in [5.74, 6) is -0.0712. The summed E-state index contributed by atoms with van der Waals surface area (Å²) < 4.78 is 16.5. The van der Waals surface area contributed by atoms with Gasteiger partial charge in [0.15, 0.2) is 6.29 Å². The molecular formula is C19H29NO7. The smallest absolute Gasteiger partial charge is 0.227 e. The Morgan fingerprint density at radius 2 is 1.96 bits per heavy atom. The molecule has 0 saturated carbocycles. The van der Waals surface area contributed by atoms with Gasteiger partial charge in [0.05, 0.1) is 24.5 Å². The van der Waals surface area contributed by atoms with Gasteiger partial charge < -0.3 is 34.8 Å². The van der Waals surface area contributed by atoms with Crippen molar-refractivity contribution in [1.29, 1.82) is 0 Å². The molecule has 1 amide bonds. The van der Waals surface area contributed by atoms with E-state index < -0.39 is 24.8 Å². The number of ether oxygens (including phenoxy) is 3. The van der Waals surface area contributed by atoms with Crippen LogP contribution in [-0.4, -0.2) is 52.1 Å². The Bertz CT molecular complexity index is 622. The summed E-state index contributed by atoms with van der Waals surface area (Å²) in [5.41, 5.74) is 1.30. The largest absolute Gasteiger partial charge is 0.463 e. The van der Waals surface area contributed by atoms with Gasteiger partial charge in [0, 0.05) is 12.3 Å². The van der Waals surface area contributed by atoms with E-state index in [1.54, 1.807) is 32.0 Å². The number of rotatable bonds is 7. The van der Waals surface area contributed by atoms with Gasteiger partial charge in [-0.25, -0.2) is 0 Å². The van der Waals surface area contributed by atoms with E-state index in [1.807, 2.05) is 13.8 Å². The number of aliphatic hydroxyl groups is 3. The van der Waals surface area contributed by atoms with Gasteiger partial charge in [-0.15, -0.1) is 0 Å². The van der Waals surface area contributed by atoms with E-state index in [1.165, 1.54) is 0 Å². The van der Waals surface area contributed by atoms with Crippen LogP contribution in [0.3, 0.4) is 0 Å². The summed E-state index contributed by atoms with van der Waals surface area (Å²) in [4.78, 5) is 12.1. The molecule has 1 aliphatic rings. The molecule has 1 aromatic rings. The molecule has 1 heterocycles. The molecule has 4 atom stereocenters. The molecule has 0 spiro atoms. The molecule has 0 bridgehead atoms. The molecule has 1 saturated heterocycles. The molecule has 152 valence electrons. The zero-order chi connectivity index (χ0) is 20.1. The van der Waals surface area contributed by atoms with Crippen LogP contribution in [0, 0.1) is 5.92 Å². The van der Waals surface area contributed by atoms with Gasteiger partial charge in [-0.2, -0.15) is 0 Å². The second-order valence-electron chi connectivity index (χ2n) is 7.20. The fourth-order valence-electron chi connectivity index (χ4n) is 2.44. The molecule has 1 fully saturated rings. The van der Waals surface area contributed by atoms with Gasteiger partial charge in [0.25, 0.3) is 0 Å². The number of hydrogen-bond donors (Lipinski definition) is 4. The minimum Gasteiger partial charge on any atom is -0.463 e. The molecule has 8 heteroatoms. The molecule has 4 unspecified atom stereocenters. The number of benzene rings is 1. The Balaban J connectivity index is 2.18. The number of aliphatic hydroxyl groups excluding tert-OH is 3. The van der Waals surface area contributed by atoms with Crippen molar-refractivity contribution >= 4 is 11.6 Å². The first-order chi connectivity index (χ1) is 12.7. The summed E-state index contributed by atoms with van der Waals surface area (Å²) in [7, 11) is 0. The lowest BCUT2D eigenvalue weighted by Gasteiger charge is -2.34. The quantitative estimate of drug-likeness (QED) is 0.562. The third-order valence-electron chi connectivity index (χ3n) is 4.08. The fraction of sp³-hybridized carbons (Fsp3) is 0.632. The minimum absolute atomic E-state index is 0.0198. The summed E-state index contributed by atoms with van der Waals surface area (Å²) in [5, 5.41) is 31.8. The fourth-order valence-corrected chi connectivity index (χ4v) is 2.44. The lowest BCUT2D eigenvalue weighted by atomic mass is 10.1. The van der Waals surface area contributed by atoms with Crippen molar-refractivity contribution in [3.63, 3.8) is 0 Å². The van der Waals surface area contributed by atoms with Gasteiger partial charge >= 0.3 is 0 Å². The molecule has 0 aromatic heterocycles. The third kappa shape index (κ3) is 6.15. The Morgan fingerprint density at radius 3 is 2.56 bits per heavy atom. The summed E-state index contributed by atoms with van der Waals surface area (Å²) in [6.45, 7) is 7.81. The zero-order valence-corrected chi connectivity index (χ0v) is 16.1. The lowest BCUT2D eigenvalue weighted by Crippen LogP contribution is -2.49. The maximum atomic E-state index is 12.1. The first kappa shape index (κ1) is 21.6. The predicted molar refractivity (Wildman–Crippen MR) is 98.0 cm³/mol. The van der Waals surface area contributed by atoms with Crippen LogP contribution >= 0.6 is 0 Å². The summed E-state index contributed by atoms with van der Waals surface area (Å²) in [6.07, 6.45) is -5.03. The normalized spacial score (nSPS) is 25.7. The topological polar surface area (TPSA) is 117 Å². The van der Waals surface area contributed by atoms with Crippen molar-refractivity contribution in [3.8, 4) is 5.75 Å². The van der Waals surface area contributed by atoms with E-state index >= 15 is 0 Å². The highest BCUT2D eigenvalue weighted by Crippen LogP contribution is 2.30. The van der Waals surface area contributed by atoms with Crippen molar-refractivity contribution in [3.05, 3.63) is 23.8 Å². The van der Waals surface area contributed by atoms with E-state index in [0.29, 0.717) is 18.0 Å². The van der Waals surface area contributed by atoms with Gasteiger partial charge in [-0.1, -0.05) is 19.9 Å². The molecule has 8 nitrogen and oxygen atoms in total. The van der Waals surface area contributed by atoms with Crippen molar-refractivity contribution in [2.75, 3.05) is 5.32 Å². The standard InChI is InChI=1S/C19H29NO7/c1-10(2)18(23)20-13-7-12(9-25-11(3)4)5-6-15(13)26-16-8-14(21)17(22)19(24)27-16/h5-7,10-11,14,16-17,19,21-22,24H,8-9H2,1-4H3,(H,20,23). The van der Waals surface area contributed by atoms with Gasteiger partial charge in [0.1, 0.15) is 11.9 Å². The Morgan fingerprint density at radius 1 is 1.26 bits per heavy atom. The predicted octanol–water partition coefficient (Wildman–Crippen LogP) is 1.37. The van der Waals surface area contributed by atoms with Crippen LogP contribution in [0.5, 0.6) is 5.75 Å². The van der Waals surface area contributed by atoms with Crippen molar-refractivity contribution in [2.45, 2.75) is 71.6 Å². The zero-order valence-electron chi connectivity index (χ0n) is 16.1. The maximum Gasteiger partial charge on any atom is 0.227 e. The highest BCUT2D eigenvalue weighted by Gasteiger charge is 2.37. The van der Waals surface area contributed by atoms with Crippen LogP contribution in [0.25, 0.3) is 0 Å². The lowest BCUT2D eigenvalue weighted by molar-refractivity contribution is -0.285. The monoisotopic (exact) mass is 383 g/mol.